The normalized spacial score (nSPS) is 27.8. The van der Waals surface area contributed by atoms with Gasteiger partial charge in [0, 0.05) is 22.4 Å². The van der Waals surface area contributed by atoms with Crippen molar-refractivity contribution >= 4 is 38.4 Å². The Labute approximate surface area is 156 Å². The van der Waals surface area contributed by atoms with Gasteiger partial charge in [0.05, 0.1) is 17.5 Å². The lowest BCUT2D eigenvalue weighted by Gasteiger charge is -2.25. The first kappa shape index (κ1) is 17.7. The Bertz CT molecular complexity index is 904. The van der Waals surface area contributed by atoms with Crippen molar-refractivity contribution in [1.82, 2.24) is 0 Å². The molecular formula is C17H20N2O5S2. The summed E-state index contributed by atoms with van der Waals surface area (Å²) in [5.41, 5.74) is 0.157. The zero-order valence-electron chi connectivity index (χ0n) is 14.8. The topological polar surface area (TPSA) is 85.3 Å². The zero-order chi connectivity index (χ0) is 18.7. The number of amides is 1. The molecule has 1 aromatic rings. The van der Waals surface area contributed by atoms with E-state index in [-0.39, 0.29) is 35.5 Å². The number of rotatable bonds is 1. The van der Waals surface area contributed by atoms with Gasteiger partial charge in [0.15, 0.2) is 26.5 Å². The molecule has 3 aliphatic rings. The summed E-state index contributed by atoms with van der Waals surface area (Å²) >= 11 is 1.37. The summed E-state index contributed by atoms with van der Waals surface area (Å²) in [6.45, 7) is 5.61. The van der Waals surface area contributed by atoms with Gasteiger partial charge in [-0.1, -0.05) is 32.5 Å². The average molecular weight is 396 g/mol. The molecule has 0 N–H and O–H groups in total. The van der Waals surface area contributed by atoms with Crippen LogP contribution in [0.5, 0.6) is 11.5 Å². The fourth-order valence-electron chi connectivity index (χ4n) is 3.16. The van der Waals surface area contributed by atoms with Crippen molar-refractivity contribution in [2.45, 2.75) is 32.1 Å². The van der Waals surface area contributed by atoms with E-state index in [0.717, 1.165) is 5.69 Å². The molecule has 2 fully saturated rings. The van der Waals surface area contributed by atoms with Gasteiger partial charge in [-0.3, -0.25) is 4.79 Å². The Kier molecular flexibility index (Phi) is 4.00. The van der Waals surface area contributed by atoms with Gasteiger partial charge < -0.3 is 14.4 Å². The van der Waals surface area contributed by atoms with Crippen molar-refractivity contribution in [1.29, 1.82) is 0 Å². The number of thioether (sulfide) groups is 1. The second-order valence-electron chi connectivity index (χ2n) is 7.66. The molecule has 2 saturated heterocycles. The molecular weight excluding hydrogens is 376 g/mol. The van der Waals surface area contributed by atoms with Gasteiger partial charge in [0.1, 0.15) is 0 Å². The minimum absolute atomic E-state index is 0.0574. The average Bonchev–Trinajstić information content (AvgIpc) is 3.17. The largest absolute Gasteiger partial charge is 0.454 e. The molecule has 0 aromatic heterocycles. The highest BCUT2D eigenvalue weighted by Crippen LogP contribution is 2.44. The Morgan fingerprint density at radius 3 is 2.69 bits per heavy atom. The van der Waals surface area contributed by atoms with E-state index < -0.39 is 15.3 Å². The van der Waals surface area contributed by atoms with Crippen LogP contribution in [0, 0.1) is 5.41 Å². The molecule has 2 atom stereocenters. The van der Waals surface area contributed by atoms with Gasteiger partial charge in [-0.2, -0.15) is 4.99 Å². The summed E-state index contributed by atoms with van der Waals surface area (Å²) in [5.74, 6) is 1.20. The second-order valence-corrected chi connectivity index (χ2v) is 11.0. The van der Waals surface area contributed by atoms with E-state index in [2.05, 4.69) is 4.99 Å². The first-order valence-corrected chi connectivity index (χ1v) is 11.0. The Morgan fingerprint density at radius 2 is 1.96 bits per heavy atom. The van der Waals surface area contributed by atoms with Crippen LogP contribution in [0.25, 0.3) is 0 Å². The molecule has 0 saturated carbocycles. The lowest BCUT2D eigenvalue weighted by Crippen LogP contribution is -2.38. The van der Waals surface area contributed by atoms with Crippen molar-refractivity contribution in [3.8, 4) is 11.5 Å². The number of fused-ring (bicyclic) bond motifs is 2. The van der Waals surface area contributed by atoms with Gasteiger partial charge in [-0.25, -0.2) is 8.42 Å². The van der Waals surface area contributed by atoms with E-state index in [9.17, 15) is 13.2 Å². The van der Waals surface area contributed by atoms with Gasteiger partial charge in [-0.15, -0.1) is 0 Å². The Hall–Kier alpha value is -1.74. The standard InChI is InChI=1S/C17H20N2O5S2/c1-17(2,3)15(20)18-16-19(11-7-26(21,22)8-14(11)25-16)10-4-5-12-13(6-10)24-9-23-12/h4-6,11,14H,7-9H2,1-3H3/t11-,14+/m1/s1. The molecule has 0 unspecified atom stereocenters. The van der Waals surface area contributed by atoms with Crippen LogP contribution in [0.4, 0.5) is 5.69 Å². The number of benzene rings is 1. The number of hydrogen-bond donors (Lipinski definition) is 0. The highest BCUT2D eigenvalue weighted by atomic mass is 32.2. The van der Waals surface area contributed by atoms with E-state index in [1.807, 2.05) is 37.8 Å². The first-order chi connectivity index (χ1) is 12.1. The fraction of sp³-hybridized carbons (Fsp3) is 0.529. The number of anilines is 1. The van der Waals surface area contributed by atoms with Crippen molar-refractivity contribution < 1.29 is 22.7 Å². The number of sulfone groups is 1. The monoisotopic (exact) mass is 396 g/mol. The second kappa shape index (κ2) is 5.88. The van der Waals surface area contributed by atoms with E-state index in [4.69, 9.17) is 9.47 Å². The first-order valence-electron chi connectivity index (χ1n) is 8.33. The number of carbonyl (C=O) groups excluding carboxylic acids is 1. The summed E-state index contributed by atoms with van der Waals surface area (Å²) in [5, 5.41) is 0.422. The molecule has 0 spiro atoms. The summed E-state index contributed by atoms with van der Waals surface area (Å²) < 4.78 is 35.0. The molecule has 3 heterocycles. The van der Waals surface area contributed by atoms with Crippen LogP contribution in [0.15, 0.2) is 23.2 Å². The lowest BCUT2D eigenvalue weighted by molar-refractivity contribution is -0.124. The van der Waals surface area contributed by atoms with E-state index in [1.165, 1.54) is 11.8 Å². The van der Waals surface area contributed by atoms with E-state index >= 15 is 0 Å². The maximum atomic E-state index is 12.4. The van der Waals surface area contributed by atoms with Crippen molar-refractivity contribution in [2.75, 3.05) is 23.2 Å². The van der Waals surface area contributed by atoms with Crippen LogP contribution >= 0.6 is 11.8 Å². The van der Waals surface area contributed by atoms with Crippen molar-refractivity contribution in [3.05, 3.63) is 18.2 Å². The maximum absolute atomic E-state index is 12.4. The Balaban J connectivity index is 1.75. The van der Waals surface area contributed by atoms with Crippen LogP contribution in [-0.4, -0.2) is 49.1 Å². The number of aliphatic imine (C=N–C) groups is 1. The van der Waals surface area contributed by atoms with Crippen LogP contribution in [0.2, 0.25) is 0 Å². The number of carbonyl (C=O) groups is 1. The predicted molar refractivity (Wildman–Crippen MR) is 101 cm³/mol. The smallest absolute Gasteiger partial charge is 0.253 e. The highest BCUT2D eigenvalue weighted by molar-refractivity contribution is 8.16. The van der Waals surface area contributed by atoms with E-state index in [0.29, 0.717) is 16.7 Å². The van der Waals surface area contributed by atoms with Crippen LogP contribution in [-0.2, 0) is 14.6 Å². The third kappa shape index (κ3) is 3.07. The number of ether oxygens (including phenoxy) is 2. The minimum atomic E-state index is -3.10. The summed E-state index contributed by atoms with van der Waals surface area (Å²) in [7, 11) is -3.10. The van der Waals surface area contributed by atoms with Crippen LogP contribution in [0.3, 0.4) is 0 Å². The molecule has 1 amide bonds. The highest BCUT2D eigenvalue weighted by Gasteiger charge is 2.49. The SMILES string of the molecule is CC(C)(C)C(=O)N=C1S[C@H]2CS(=O)(=O)C[C@H]2N1c1ccc2c(c1)OCO2. The fourth-order valence-corrected chi connectivity index (χ4v) is 7.07. The van der Waals surface area contributed by atoms with Gasteiger partial charge in [0.2, 0.25) is 6.79 Å². The maximum Gasteiger partial charge on any atom is 0.253 e. The molecule has 7 nitrogen and oxygen atoms in total. The molecule has 26 heavy (non-hydrogen) atoms. The number of nitrogens with zero attached hydrogens (tertiary/aromatic N) is 2. The van der Waals surface area contributed by atoms with Gasteiger partial charge in [0.25, 0.3) is 5.91 Å². The summed E-state index contributed by atoms with van der Waals surface area (Å²) in [6, 6.07) is 5.21. The molecule has 0 aliphatic carbocycles. The molecule has 1 aromatic carbocycles. The van der Waals surface area contributed by atoms with E-state index in [1.54, 1.807) is 6.07 Å². The Morgan fingerprint density at radius 1 is 1.23 bits per heavy atom. The van der Waals surface area contributed by atoms with Gasteiger partial charge in [-0.05, 0) is 12.1 Å². The van der Waals surface area contributed by atoms with Crippen LogP contribution < -0.4 is 14.4 Å². The molecule has 140 valence electrons. The van der Waals surface area contributed by atoms with Crippen LogP contribution in [0.1, 0.15) is 20.8 Å². The molecule has 9 heteroatoms. The minimum Gasteiger partial charge on any atom is -0.454 e. The third-order valence-electron chi connectivity index (χ3n) is 4.54. The van der Waals surface area contributed by atoms with Crippen molar-refractivity contribution in [2.24, 2.45) is 10.4 Å². The molecule has 0 radical (unpaired) electrons. The lowest BCUT2D eigenvalue weighted by atomic mass is 9.96. The summed E-state index contributed by atoms with van der Waals surface area (Å²) in [4.78, 5) is 18.6. The van der Waals surface area contributed by atoms with Crippen molar-refractivity contribution in [3.63, 3.8) is 0 Å². The predicted octanol–water partition coefficient (Wildman–Crippen LogP) is 2.06. The summed E-state index contributed by atoms with van der Waals surface area (Å²) in [6.07, 6.45) is 0. The molecule has 0 bridgehead atoms. The number of amidine groups is 1. The quantitative estimate of drug-likeness (QED) is 0.718. The third-order valence-corrected chi connectivity index (χ3v) is 7.75. The zero-order valence-corrected chi connectivity index (χ0v) is 16.4. The van der Waals surface area contributed by atoms with Gasteiger partial charge >= 0.3 is 0 Å². The number of hydrogen-bond acceptors (Lipinski definition) is 6. The molecule has 4 rings (SSSR count). The molecule has 3 aliphatic heterocycles.